The van der Waals surface area contributed by atoms with Crippen molar-refractivity contribution < 1.29 is 4.79 Å². The Morgan fingerprint density at radius 1 is 1.57 bits per heavy atom. The molecule has 0 atom stereocenters. The second-order valence-electron chi connectivity index (χ2n) is 2.81. The smallest absolute Gasteiger partial charge is 0.210 e. The molecule has 74 valence electrons. The second kappa shape index (κ2) is 5.40. The number of halogens is 1. The van der Waals surface area contributed by atoms with Crippen molar-refractivity contribution in [2.24, 2.45) is 0 Å². The fourth-order valence-corrected chi connectivity index (χ4v) is 1.16. The van der Waals surface area contributed by atoms with Crippen LogP contribution in [-0.4, -0.2) is 22.8 Å². The summed E-state index contributed by atoms with van der Waals surface area (Å²) < 4.78 is 0. The molecule has 0 aliphatic carbocycles. The number of rotatable bonds is 5. The molecule has 1 aromatic heterocycles. The van der Waals surface area contributed by atoms with Crippen molar-refractivity contribution in [1.29, 1.82) is 0 Å². The molecule has 0 radical (unpaired) electrons. The van der Waals surface area contributed by atoms with Crippen LogP contribution < -0.4 is 0 Å². The lowest BCUT2D eigenvalue weighted by Gasteiger charge is -2.14. The van der Waals surface area contributed by atoms with Crippen molar-refractivity contribution in [2.75, 3.05) is 6.54 Å². The maximum atomic E-state index is 10.6. The van der Waals surface area contributed by atoms with Crippen LogP contribution in [0.25, 0.3) is 0 Å². The first-order valence-electron chi connectivity index (χ1n) is 4.17. The molecule has 1 rings (SSSR count). The number of carbonyl (C=O) groups excluding carboxylic acids is 1. The Labute approximate surface area is 88.0 Å². The van der Waals surface area contributed by atoms with E-state index in [1.807, 2.05) is 6.07 Å². The highest BCUT2D eigenvalue weighted by Crippen LogP contribution is 2.06. The number of carbonyl (C=O) groups is 1. The zero-order chi connectivity index (χ0) is 10.4. The van der Waals surface area contributed by atoms with E-state index in [1.165, 1.54) is 0 Å². The molecule has 0 saturated heterocycles. The number of aromatic nitrogens is 1. The van der Waals surface area contributed by atoms with Gasteiger partial charge in [-0.05, 0) is 11.6 Å². The van der Waals surface area contributed by atoms with E-state index < -0.39 is 0 Å². The van der Waals surface area contributed by atoms with E-state index >= 15 is 0 Å². The molecule has 0 N–H and O–H groups in total. The van der Waals surface area contributed by atoms with E-state index in [1.54, 1.807) is 23.2 Å². The fourth-order valence-electron chi connectivity index (χ4n) is 1.05. The molecule has 0 fully saturated rings. The third-order valence-corrected chi connectivity index (χ3v) is 1.91. The van der Waals surface area contributed by atoms with Gasteiger partial charge in [0.2, 0.25) is 6.41 Å². The summed E-state index contributed by atoms with van der Waals surface area (Å²) in [5, 5.41) is 0.454. The van der Waals surface area contributed by atoms with Crippen molar-refractivity contribution in [1.82, 2.24) is 9.88 Å². The molecule has 1 aromatic rings. The topological polar surface area (TPSA) is 33.2 Å². The molecule has 3 nitrogen and oxygen atoms in total. The highest BCUT2D eigenvalue weighted by atomic mass is 35.5. The van der Waals surface area contributed by atoms with Crippen LogP contribution in [0.15, 0.2) is 31.0 Å². The SMILES string of the molecule is C=CCN(C=O)Cc1ccc(Cl)nc1. The molecule has 4 heteroatoms. The highest BCUT2D eigenvalue weighted by Gasteiger charge is 2.00. The predicted octanol–water partition coefficient (Wildman–Crippen LogP) is 1.88. The van der Waals surface area contributed by atoms with E-state index in [2.05, 4.69) is 11.6 Å². The van der Waals surface area contributed by atoms with Crippen molar-refractivity contribution in [3.8, 4) is 0 Å². The summed E-state index contributed by atoms with van der Waals surface area (Å²) in [5.41, 5.74) is 0.948. The van der Waals surface area contributed by atoms with Gasteiger partial charge in [-0.1, -0.05) is 23.7 Å². The fraction of sp³-hybridized carbons (Fsp3) is 0.200. The predicted molar refractivity (Wildman–Crippen MR) is 55.9 cm³/mol. The quantitative estimate of drug-likeness (QED) is 0.422. The highest BCUT2D eigenvalue weighted by molar-refractivity contribution is 6.29. The Kier molecular flexibility index (Phi) is 4.13. The minimum Gasteiger partial charge on any atom is -0.337 e. The number of hydrogen-bond acceptors (Lipinski definition) is 2. The van der Waals surface area contributed by atoms with Gasteiger partial charge in [-0.2, -0.15) is 0 Å². The standard InChI is InChI=1S/C10H11ClN2O/c1-2-5-13(8-14)7-9-3-4-10(11)12-6-9/h2-4,6,8H,1,5,7H2. The first-order chi connectivity index (χ1) is 6.76. The third kappa shape index (κ3) is 3.18. The molecule has 0 aliphatic rings. The minimum atomic E-state index is 0.454. The molecule has 14 heavy (non-hydrogen) atoms. The molecule has 1 heterocycles. The van der Waals surface area contributed by atoms with Crippen molar-refractivity contribution in [2.45, 2.75) is 6.54 Å². The number of amides is 1. The molecule has 0 unspecified atom stereocenters. The summed E-state index contributed by atoms with van der Waals surface area (Å²) in [6.07, 6.45) is 4.12. The van der Waals surface area contributed by atoms with Crippen LogP contribution in [0.1, 0.15) is 5.56 Å². The lowest BCUT2D eigenvalue weighted by atomic mass is 10.3. The van der Waals surface area contributed by atoms with Gasteiger partial charge in [-0.25, -0.2) is 4.98 Å². The van der Waals surface area contributed by atoms with Gasteiger partial charge in [0.05, 0.1) is 0 Å². The van der Waals surface area contributed by atoms with Gasteiger partial charge in [-0.3, -0.25) is 4.79 Å². The Hall–Kier alpha value is -1.35. The lowest BCUT2D eigenvalue weighted by molar-refractivity contribution is -0.118. The Bertz CT molecular complexity index is 310. The first-order valence-corrected chi connectivity index (χ1v) is 4.54. The van der Waals surface area contributed by atoms with Crippen LogP contribution in [0.4, 0.5) is 0 Å². The molecular weight excluding hydrogens is 200 g/mol. The normalized spacial score (nSPS) is 9.50. The van der Waals surface area contributed by atoms with Gasteiger partial charge in [0.25, 0.3) is 0 Å². The van der Waals surface area contributed by atoms with Crippen LogP contribution >= 0.6 is 11.6 Å². The number of hydrogen-bond donors (Lipinski definition) is 0. The Morgan fingerprint density at radius 3 is 2.86 bits per heavy atom. The average Bonchev–Trinajstić information content (AvgIpc) is 2.20. The lowest BCUT2D eigenvalue weighted by Crippen LogP contribution is -2.21. The van der Waals surface area contributed by atoms with E-state index in [4.69, 9.17) is 11.6 Å². The van der Waals surface area contributed by atoms with Crippen LogP contribution in [0, 0.1) is 0 Å². The second-order valence-corrected chi connectivity index (χ2v) is 3.20. The summed E-state index contributed by atoms with van der Waals surface area (Å²) in [7, 11) is 0. The molecule has 0 bridgehead atoms. The van der Waals surface area contributed by atoms with E-state index in [-0.39, 0.29) is 0 Å². The summed E-state index contributed by atoms with van der Waals surface area (Å²) in [5.74, 6) is 0. The monoisotopic (exact) mass is 210 g/mol. The summed E-state index contributed by atoms with van der Waals surface area (Å²) in [6.45, 7) is 4.63. The molecule has 0 aliphatic heterocycles. The molecular formula is C10H11ClN2O. The van der Waals surface area contributed by atoms with Crippen LogP contribution in [0.5, 0.6) is 0 Å². The van der Waals surface area contributed by atoms with Crippen LogP contribution in [0.2, 0.25) is 5.15 Å². The maximum absolute atomic E-state index is 10.6. The van der Waals surface area contributed by atoms with Crippen molar-refractivity contribution in [3.05, 3.63) is 41.7 Å². The van der Waals surface area contributed by atoms with Crippen molar-refractivity contribution >= 4 is 18.0 Å². The largest absolute Gasteiger partial charge is 0.337 e. The molecule has 0 aromatic carbocycles. The van der Waals surface area contributed by atoms with Crippen molar-refractivity contribution in [3.63, 3.8) is 0 Å². The van der Waals surface area contributed by atoms with Crippen LogP contribution in [0.3, 0.4) is 0 Å². The van der Waals surface area contributed by atoms with E-state index in [0.29, 0.717) is 18.2 Å². The number of nitrogens with zero attached hydrogens (tertiary/aromatic N) is 2. The summed E-state index contributed by atoms with van der Waals surface area (Å²) >= 11 is 5.63. The zero-order valence-electron chi connectivity index (χ0n) is 7.69. The van der Waals surface area contributed by atoms with Gasteiger partial charge in [0.15, 0.2) is 0 Å². The maximum Gasteiger partial charge on any atom is 0.210 e. The molecule has 0 spiro atoms. The Balaban J connectivity index is 2.62. The summed E-state index contributed by atoms with van der Waals surface area (Å²) in [6, 6.07) is 3.54. The van der Waals surface area contributed by atoms with Gasteiger partial charge in [0.1, 0.15) is 5.15 Å². The first kappa shape index (κ1) is 10.7. The van der Waals surface area contributed by atoms with E-state index in [0.717, 1.165) is 12.0 Å². The van der Waals surface area contributed by atoms with Crippen LogP contribution in [-0.2, 0) is 11.3 Å². The average molecular weight is 211 g/mol. The van der Waals surface area contributed by atoms with E-state index in [9.17, 15) is 4.79 Å². The molecule has 0 saturated carbocycles. The van der Waals surface area contributed by atoms with Gasteiger partial charge in [0, 0.05) is 19.3 Å². The zero-order valence-corrected chi connectivity index (χ0v) is 8.44. The summed E-state index contributed by atoms with van der Waals surface area (Å²) in [4.78, 5) is 16.1. The number of pyridine rings is 1. The minimum absolute atomic E-state index is 0.454. The van der Waals surface area contributed by atoms with Gasteiger partial charge in [-0.15, -0.1) is 6.58 Å². The Morgan fingerprint density at radius 2 is 2.36 bits per heavy atom. The third-order valence-electron chi connectivity index (χ3n) is 1.69. The molecule has 1 amide bonds. The van der Waals surface area contributed by atoms with Gasteiger partial charge < -0.3 is 4.90 Å². The van der Waals surface area contributed by atoms with Gasteiger partial charge >= 0.3 is 0 Å².